The average Bonchev–Trinajstić information content (AvgIpc) is 2.77. The Morgan fingerprint density at radius 3 is 2.58 bits per heavy atom. The maximum absolute atomic E-state index is 12.5. The maximum Gasteiger partial charge on any atom is 0.265 e. The summed E-state index contributed by atoms with van der Waals surface area (Å²) in [5.41, 5.74) is 2.45. The van der Waals surface area contributed by atoms with Gasteiger partial charge in [0.1, 0.15) is 12.3 Å². The Kier molecular flexibility index (Phi) is 6.18. The molecule has 2 heterocycles. The molecule has 4 rings (SSSR count). The SMILES string of the molecule is O=C(CN1C(=O)COc2cc(Br)ccc21)NCc1ccc(Cn2ccccc2=O)cc1. The molecule has 3 aromatic rings. The van der Waals surface area contributed by atoms with E-state index in [0.29, 0.717) is 24.5 Å². The Hall–Kier alpha value is -3.39. The summed E-state index contributed by atoms with van der Waals surface area (Å²) in [5, 5.41) is 2.85. The first-order valence-electron chi connectivity index (χ1n) is 9.72. The summed E-state index contributed by atoms with van der Waals surface area (Å²) in [6, 6.07) is 18.1. The third kappa shape index (κ3) is 5.03. The number of amides is 2. The van der Waals surface area contributed by atoms with Crippen LogP contribution in [0.15, 0.2) is 76.1 Å². The Morgan fingerprint density at radius 2 is 1.81 bits per heavy atom. The summed E-state index contributed by atoms with van der Waals surface area (Å²) in [6.45, 7) is 0.658. The topological polar surface area (TPSA) is 80.6 Å². The van der Waals surface area contributed by atoms with Crippen molar-refractivity contribution < 1.29 is 14.3 Å². The molecule has 158 valence electrons. The van der Waals surface area contributed by atoms with E-state index in [4.69, 9.17) is 4.74 Å². The fourth-order valence-corrected chi connectivity index (χ4v) is 3.64. The zero-order valence-corrected chi connectivity index (χ0v) is 18.2. The van der Waals surface area contributed by atoms with Crippen LogP contribution < -0.4 is 20.5 Å². The molecule has 31 heavy (non-hydrogen) atoms. The van der Waals surface area contributed by atoms with Crippen molar-refractivity contribution in [3.05, 3.63) is 92.8 Å². The second kappa shape index (κ2) is 9.18. The summed E-state index contributed by atoms with van der Waals surface area (Å²) in [6.07, 6.45) is 1.75. The molecule has 0 aliphatic carbocycles. The van der Waals surface area contributed by atoms with Gasteiger partial charge < -0.3 is 14.6 Å². The summed E-state index contributed by atoms with van der Waals surface area (Å²) in [7, 11) is 0. The van der Waals surface area contributed by atoms with Crippen molar-refractivity contribution >= 4 is 33.4 Å². The zero-order valence-electron chi connectivity index (χ0n) is 16.6. The van der Waals surface area contributed by atoms with Crippen LogP contribution in [0.2, 0.25) is 0 Å². The van der Waals surface area contributed by atoms with Crippen molar-refractivity contribution in [1.82, 2.24) is 9.88 Å². The molecule has 0 atom stereocenters. The molecule has 7 nitrogen and oxygen atoms in total. The van der Waals surface area contributed by atoms with Gasteiger partial charge in [-0.15, -0.1) is 0 Å². The highest BCUT2D eigenvalue weighted by Crippen LogP contribution is 2.34. The van der Waals surface area contributed by atoms with Crippen LogP contribution in [0.1, 0.15) is 11.1 Å². The lowest BCUT2D eigenvalue weighted by molar-refractivity contribution is -0.125. The van der Waals surface area contributed by atoms with Gasteiger partial charge >= 0.3 is 0 Å². The third-order valence-electron chi connectivity index (χ3n) is 4.93. The number of benzene rings is 2. The van der Waals surface area contributed by atoms with Gasteiger partial charge in [0.05, 0.1) is 12.2 Å². The quantitative estimate of drug-likeness (QED) is 0.586. The van der Waals surface area contributed by atoms with E-state index in [1.165, 1.54) is 11.0 Å². The number of ether oxygens (including phenoxy) is 1. The average molecular weight is 482 g/mol. The van der Waals surface area contributed by atoms with Crippen LogP contribution in [0.5, 0.6) is 5.75 Å². The first-order chi connectivity index (χ1) is 15.0. The van der Waals surface area contributed by atoms with Crippen molar-refractivity contribution in [2.45, 2.75) is 13.1 Å². The first kappa shape index (κ1) is 20.9. The van der Waals surface area contributed by atoms with Gasteiger partial charge in [-0.3, -0.25) is 19.3 Å². The van der Waals surface area contributed by atoms with E-state index in [9.17, 15) is 14.4 Å². The van der Waals surface area contributed by atoms with E-state index in [2.05, 4.69) is 21.2 Å². The zero-order chi connectivity index (χ0) is 21.8. The number of hydrogen-bond donors (Lipinski definition) is 1. The van der Waals surface area contributed by atoms with E-state index < -0.39 is 0 Å². The predicted octanol–water partition coefficient (Wildman–Crippen LogP) is 2.70. The Bertz CT molecular complexity index is 1170. The molecule has 2 aromatic carbocycles. The molecule has 1 aliphatic heterocycles. The van der Waals surface area contributed by atoms with E-state index in [-0.39, 0.29) is 30.5 Å². The second-order valence-corrected chi connectivity index (χ2v) is 8.06. The van der Waals surface area contributed by atoms with Crippen LogP contribution in [0.3, 0.4) is 0 Å². The van der Waals surface area contributed by atoms with Gasteiger partial charge in [-0.2, -0.15) is 0 Å². The summed E-state index contributed by atoms with van der Waals surface area (Å²) in [5.74, 6) is 0.0457. The van der Waals surface area contributed by atoms with Crippen LogP contribution in [-0.2, 0) is 22.7 Å². The van der Waals surface area contributed by atoms with Crippen LogP contribution in [0.25, 0.3) is 0 Å². The third-order valence-corrected chi connectivity index (χ3v) is 5.42. The number of halogens is 1. The Morgan fingerprint density at radius 1 is 1.03 bits per heavy atom. The number of fused-ring (bicyclic) bond motifs is 1. The minimum absolute atomic E-state index is 0.0505. The van der Waals surface area contributed by atoms with Crippen LogP contribution in [0.4, 0.5) is 5.69 Å². The number of pyridine rings is 1. The first-order valence-corrected chi connectivity index (χ1v) is 10.5. The van der Waals surface area contributed by atoms with Crippen LogP contribution in [-0.4, -0.2) is 29.5 Å². The van der Waals surface area contributed by atoms with Gasteiger partial charge in [0, 0.05) is 23.3 Å². The number of nitrogens with one attached hydrogen (secondary N) is 1. The summed E-state index contributed by atoms with van der Waals surface area (Å²) in [4.78, 5) is 38.0. The molecule has 0 bridgehead atoms. The molecule has 8 heteroatoms. The van der Waals surface area contributed by atoms with Gasteiger partial charge in [0.25, 0.3) is 11.5 Å². The summed E-state index contributed by atoms with van der Waals surface area (Å²) < 4.78 is 7.91. The highest BCUT2D eigenvalue weighted by Gasteiger charge is 2.27. The molecule has 0 spiro atoms. The number of nitrogens with zero attached hydrogens (tertiary/aromatic N) is 2. The second-order valence-electron chi connectivity index (χ2n) is 7.14. The molecule has 0 unspecified atom stereocenters. The van der Waals surface area contributed by atoms with Gasteiger partial charge in [-0.1, -0.05) is 46.3 Å². The van der Waals surface area contributed by atoms with Crippen molar-refractivity contribution in [2.75, 3.05) is 18.1 Å². The number of carbonyl (C=O) groups excluding carboxylic acids is 2. The monoisotopic (exact) mass is 481 g/mol. The molecule has 1 N–H and O–H groups in total. The molecular formula is C23H20BrN3O4. The van der Waals surface area contributed by atoms with Crippen molar-refractivity contribution in [1.29, 1.82) is 0 Å². The smallest absolute Gasteiger partial charge is 0.265 e. The van der Waals surface area contributed by atoms with Crippen molar-refractivity contribution in [3.8, 4) is 5.75 Å². The van der Waals surface area contributed by atoms with E-state index in [1.807, 2.05) is 30.3 Å². The maximum atomic E-state index is 12.5. The van der Waals surface area contributed by atoms with Gasteiger partial charge in [-0.05, 0) is 35.4 Å². The molecule has 1 aromatic heterocycles. The molecule has 2 amide bonds. The minimum Gasteiger partial charge on any atom is -0.482 e. The van der Waals surface area contributed by atoms with E-state index >= 15 is 0 Å². The number of rotatable bonds is 6. The fraction of sp³-hybridized carbons (Fsp3) is 0.174. The minimum atomic E-state index is -0.260. The van der Waals surface area contributed by atoms with Gasteiger partial charge in [0.2, 0.25) is 5.91 Å². The molecule has 0 saturated carbocycles. The molecule has 0 saturated heterocycles. The van der Waals surface area contributed by atoms with Gasteiger partial charge in [0.15, 0.2) is 6.61 Å². The fourth-order valence-electron chi connectivity index (χ4n) is 3.30. The largest absolute Gasteiger partial charge is 0.482 e. The normalized spacial score (nSPS) is 12.8. The number of hydrogen-bond acceptors (Lipinski definition) is 4. The Labute approximate surface area is 187 Å². The number of anilines is 1. The lowest BCUT2D eigenvalue weighted by atomic mass is 10.1. The van der Waals surface area contributed by atoms with E-state index in [0.717, 1.165) is 15.6 Å². The molecule has 1 aliphatic rings. The van der Waals surface area contributed by atoms with Crippen LogP contribution in [0, 0.1) is 0 Å². The highest BCUT2D eigenvalue weighted by molar-refractivity contribution is 9.10. The standard InChI is InChI=1S/C23H20BrN3O4/c24-18-8-9-19-20(11-18)31-15-23(30)27(19)14-21(28)25-12-16-4-6-17(7-5-16)13-26-10-2-1-3-22(26)29/h1-11H,12-15H2,(H,25,28). The number of carbonyl (C=O) groups is 2. The Balaban J connectivity index is 1.35. The lowest BCUT2D eigenvalue weighted by Gasteiger charge is -2.29. The van der Waals surface area contributed by atoms with Gasteiger partial charge in [-0.25, -0.2) is 0 Å². The summed E-state index contributed by atoms with van der Waals surface area (Å²) >= 11 is 3.37. The molecular weight excluding hydrogens is 462 g/mol. The predicted molar refractivity (Wildman–Crippen MR) is 120 cm³/mol. The van der Waals surface area contributed by atoms with E-state index in [1.54, 1.807) is 35.0 Å². The van der Waals surface area contributed by atoms with Crippen molar-refractivity contribution in [2.24, 2.45) is 0 Å². The molecule has 0 radical (unpaired) electrons. The lowest BCUT2D eigenvalue weighted by Crippen LogP contribution is -2.45. The van der Waals surface area contributed by atoms with Crippen LogP contribution >= 0.6 is 15.9 Å². The molecule has 0 fully saturated rings. The van der Waals surface area contributed by atoms with Crippen molar-refractivity contribution in [3.63, 3.8) is 0 Å². The number of aromatic nitrogens is 1. The highest BCUT2D eigenvalue weighted by atomic mass is 79.9.